The summed E-state index contributed by atoms with van der Waals surface area (Å²) in [5.74, 6) is 3.07. The van der Waals surface area contributed by atoms with Crippen LogP contribution in [0.3, 0.4) is 0 Å². The van der Waals surface area contributed by atoms with Crippen molar-refractivity contribution in [1.29, 1.82) is 0 Å². The number of likely N-dealkylation sites (tertiary alicyclic amines) is 1. The van der Waals surface area contributed by atoms with Crippen LogP contribution in [0.1, 0.15) is 58.3 Å². The van der Waals surface area contributed by atoms with Crippen LogP contribution in [0.15, 0.2) is 60.8 Å². The molecule has 1 aromatic heterocycles. The van der Waals surface area contributed by atoms with Crippen LogP contribution in [0.5, 0.6) is 17.2 Å². The number of methoxy groups -OCH3 is 1. The highest BCUT2D eigenvalue weighted by molar-refractivity contribution is 5.93. The molecule has 2 aliphatic heterocycles. The lowest BCUT2D eigenvalue weighted by Crippen LogP contribution is -2.48. The number of rotatable bonds is 11. The molecule has 6 rings (SSSR count). The summed E-state index contributed by atoms with van der Waals surface area (Å²) >= 11 is 0. The first-order valence-corrected chi connectivity index (χ1v) is 15.2. The molecule has 42 heavy (non-hydrogen) atoms. The van der Waals surface area contributed by atoms with Crippen molar-refractivity contribution >= 4 is 5.91 Å². The molecule has 2 aromatic carbocycles. The molecule has 0 bridgehead atoms. The Bertz CT molecular complexity index is 1350. The van der Waals surface area contributed by atoms with Crippen molar-refractivity contribution in [2.24, 2.45) is 0 Å². The summed E-state index contributed by atoms with van der Waals surface area (Å²) in [4.78, 5) is 24.1. The number of hydrogen-bond acceptors (Lipinski definition) is 7. The third-order valence-corrected chi connectivity index (χ3v) is 8.69. The summed E-state index contributed by atoms with van der Waals surface area (Å²) in [6, 6.07) is 18.4. The number of pyridine rings is 1. The molecule has 3 aromatic rings. The molecule has 3 fully saturated rings. The van der Waals surface area contributed by atoms with Crippen molar-refractivity contribution < 1.29 is 19.0 Å². The Hall–Kier alpha value is -3.62. The number of carbonyl (C=O) groups excluding carboxylic acids is 1. The van der Waals surface area contributed by atoms with Gasteiger partial charge in [0.2, 0.25) is 0 Å². The number of likely N-dealkylation sites (N-methyl/N-ethyl adjacent to an activating group) is 1. The van der Waals surface area contributed by atoms with E-state index in [4.69, 9.17) is 14.2 Å². The first kappa shape index (κ1) is 28.5. The standard InChI is InChI=1S/C34H42N4O4/c1-36-14-3-15-37(17-16-36)18-19-41-30-12-13-35-31(21-30)34(39)38-22-29(23-38)28-10-11-32(33(20-28)40-2)42-24-25-4-6-26(7-5-25)27-8-9-27/h4-7,10-13,20-21,27,29H,3,8-9,14-19,22-24H2,1-2H3. The SMILES string of the molecule is COc1cc(C2CN(C(=O)c3cc(OCCN4CCCN(C)CC4)ccn3)C2)ccc1OCc1ccc(C2CC2)cc1. The molecular formula is C34H42N4O4. The van der Waals surface area contributed by atoms with Crippen LogP contribution in [0.2, 0.25) is 0 Å². The van der Waals surface area contributed by atoms with E-state index < -0.39 is 0 Å². The highest BCUT2D eigenvalue weighted by Gasteiger charge is 2.33. The number of benzene rings is 2. The third-order valence-electron chi connectivity index (χ3n) is 8.69. The van der Waals surface area contributed by atoms with Crippen molar-refractivity contribution in [2.75, 3.05) is 66.6 Å². The van der Waals surface area contributed by atoms with Crippen molar-refractivity contribution in [2.45, 2.75) is 37.7 Å². The molecule has 0 radical (unpaired) electrons. The van der Waals surface area contributed by atoms with E-state index in [-0.39, 0.29) is 11.8 Å². The van der Waals surface area contributed by atoms with Gasteiger partial charge in [0.1, 0.15) is 24.7 Å². The summed E-state index contributed by atoms with van der Waals surface area (Å²) in [7, 11) is 3.84. The fourth-order valence-electron chi connectivity index (χ4n) is 5.77. The van der Waals surface area contributed by atoms with Gasteiger partial charge in [0.05, 0.1) is 7.11 Å². The van der Waals surface area contributed by atoms with Gasteiger partial charge in [-0.05, 0) is 80.2 Å². The maximum absolute atomic E-state index is 13.2. The second kappa shape index (κ2) is 13.1. The van der Waals surface area contributed by atoms with Gasteiger partial charge in [0.25, 0.3) is 5.91 Å². The minimum absolute atomic E-state index is 0.0631. The van der Waals surface area contributed by atoms with Crippen LogP contribution < -0.4 is 14.2 Å². The Morgan fingerprint density at radius 1 is 0.881 bits per heavy atom. The minimum Gasteiger partial charge on any atom is -0.493 e. The van der Waals surface area contributed by atoms with Crippen LogP contribution in [-0.4, -0.2) is 92.2 Å². The third kappa shape index (κ3) is 7.05. The molecule has 8 heteroatoms. The summed E-state index contributed by atoms with van der Waals surface area (Å²) < 4.78 is 17.8. The zero-order chi connectivity index (χ0) is 28.9. The Balaban J connectivity index is 0.982. The van der Waals surface area contributed by atoms with Gasteiger partial charge in [-0.15, -0.1) is 0 Å². The van der Waals surface area contributed by atoms with Gasteiger partial charge in [-0.1, -0.05) is 30.3 Å². The van der Waals surface area contributed by atoms with Crippen molar-refractivity contribution in [3.05, 3.63) is 83.2 Å². The van der Waals surface area contributed by atoms with E-state index in [1.54, 1.807) is 19.4 Å². The van der Waals surface area contributed by atoms with E-state index in [9.17, 15) is 4.79 Å². The molecule has 222 valence electrons. The molecule has 3 aliphatic rings. The summed E-state index contributed by atoms with van der Waals surface area (Å²) in [5, 5.41) is 0. The quantitative estimate of drug-likeness (QED) is 0.328. The molecule has 1 aliphatic carbocycles. The highest BCUT2D eigenvalue weighted by Crippen LogP contribution is 2.40. The van der Waals surface area contributed by atoms with Crippen molar-refractivity contribution in [1.82, 2.24) is 19.7 Å². The first-order valence-electron chi connectivity index (χ1n) is 15.2. The van der Waals surface area contributed by atoms with Gasteiger partial charge < -0.3 is 24.0 Å². The average molecular weight is 571 g/mol. The van der Waals surface area contributed by atoms with E-state index in [1.807, 2.05) is 23.1 Å². The molecule has 3 heterocycles. The number of carbonyl (C=O) groups is 1. The molecule has 0 atom stereocenters. The smallest absolute Gasteiger partial charge is 0.272 e. The van der Waals surface area contributed by atoms with Gasteiger partial charge in [0, 0.05) is 50.9 Å². The molecule has 1 amide bonds. The fourth-order valence-corrected chi connectivity index (χ4v) is 5.77. The van der Waals surface area contributed by atoms with Crippen LogP contribution in [0.4, 0.5) is 0 Å². The summed E-state index contributed by atoms with van der Waals surface area (Å²) in [6.45, 7) is 7.66. The Labute approximate surface area is 249 Å². The fraction of sp³-hybridized carbons (Fsp3) is 0.471. The molecule has 8 nitrogen and oxygen atoms in total. The Kier molecular flexibility index (Phi) is 8.91. The van der Waals surface area contributed by atoms with Crippen molar-refractivity contribution in [3.63, 3.8) is 0 Å². The predicted molar refractivity (Wildman–Crippen MR) is 163 cm³/mol. The Morgan fingerprint density at radius 2 is 1.69 bits per heavy atom. The molecule has 0 spiro atoms. The highest BCUT2D eigenvalue weighted by atomic mass is 16.5. The van der Waals surface area contributed by atoms with Gasteiger partial charge >= 0.3 is 0 Å². The molecular weight excluding hydrogens is 528 g/mol. The maximum atomic E-state index is 13.2. The lowest BCUT2D eigenvalue weighted by atomic mass is 9.91. The van der Waals surface area contributed by atoms with Crippen LogP contribution >= 0.6 is 0 Å². The summed E-state index contributed by atoms with van der Waals surface area (Å²) in [5.41, 5.74) is 4.14. The average Bonchev–Trinajstić information content (AvgIpc) is 3.85. The van der Waals surface area contributed by atoms with Gasteiger partial charge in [0.15, 0.2) is 11.5 Å². The van der Waals surface area contributed by atoms with Gasteiger partial charge in [-0.3, -0.25) is 14.7 Å². The molecule has 0 N–H and O–H groups in total. The molecule has 2 saturated heterocycles. The van der Waals surface area contributed by atoms with Crippen LogP contribution in [-0.2, 0) is 6.61 Å². The van der Waals surface area contributed by atoms with Crippen LogP contribution in [0.25, 0.3) is 0 Å². The maximum Gasteiger partial charge on any atom is 0.272 e. The number of amides is 1. The first-order chi connectivity index (χ1) is 20.6. The second-order valence-corrected chi connectivity index (χ2v) is 11.8. The number of nitrogens with zero attached hydrogens (tertiary/aromatic N) is 4. The lowest BCUT2D eigenvalue weighted by Gasteiger charge is -2.39. The zero-order valence-corrected chi connectivity index (χ0v) is 24.8. The van der Waals surface area contributed by atoms with E-state index in [2.05, 4.69) is 52.2 Å². The van der Waals surface area contributed by atoms with Crippen LogP contribution in [0, 0.1) is 0 Å². The molecule has 0 unspecified atom stereocenters. The number of ether oxygens (including phenoxy) is 3. The largest absolute Gasteiger partial charge is 0.493 e. The number of aromatic nitrogens is 1. The van der Waals surface area contributed by atoms with E-state index in [0.29, 0.717) is 43.5 Å². The lowest BCUT2D eigenvalue weighted by molar-refractivity contribution is 0.0595. The minimum atomic E-state index is -0.0631. The monoisotopic (exact) mass is 570 g/mol. The van der Waals surface area contributed by atoms with E-state index >= 15 is 0 Å². The van der Waals surface area contributed by atoms with Gasteiger partial charge in [-0.2, -0.15) is 0 Å². The van der Waals surface area contributed by atoms with E-state index in [0.717, 1.165) is 55.5 Å². The molecule has 1 saturated carbocycles. The van der Waals surface area contributed by atoms with E-state index in [1.165, 1.54) is 24.8 Å². The zero-order valence-electron chi connectivity index (χ0n) is 24.8. The predicted octanol–water partition coefficient (Wildman–Crippen LogP) is 4.80. The summed E-state index contributed by atoms with van der Waals surface area (Å²) in [6.07, 6.45) is 5.46. The Morgan fingerprint density at radius 3 is 2.48 bits per heavy atom. The number of hydrogen-bond donors (Lipinski definition) is 0. The topological polar surface area (TPSA) is 67.4 Å². The van der Waals surface area contributed by atoms with Crippen molar-refractivity contribution in [3.8, 4) is 17.2 Å². The second-order valence-electron chi connectivity index (χ2n) is 11.8. The van der Waals surface area contributed by atoms with Gasteiger partial charge in [-0.25, -0.2) is 0 Å². The normalized spacial score (nSPS) is 18.3.